The topological polar surface area (TPSA) is 55.0 Å². The zero-order chi connectivity index (χ0) is 17.4. The van der Waals surface area contributed by atoms with E-state index < -0.39 is 0 Å². The fourth-order valence-electron chi connectivity index (χ4n) is 2.95. The number of carbonyl (C=O) groups is 1. The number of nitrogens with one attached hydrogen (secondary N) is 1. The molecule has 6 heteroatoms. The average molecular weight is 371 g/mol. The number of H-pyrrole nitrogens is 1. The summed E-state index contributed by atoms with van der Waals surface area (Å²) in [6.45, 7) is 2.19. The Balaban J connectivity index is 1.92. The summed E-state index contributed by atoms with van der Waals surface area (Å²) in [5.41, 5.74) is 2.83. The number of thioether (sulfide) groups is 1. The first kappa shape index (κ1) is 16.2. The molecule has 126 valence electrons. The van der Waals surface area contributed by atoms with E-state index in [0.717, 1.165) is 37.7 Å². The van der Waals surface area contributed by atoms with Crippen LogP contribution in [-0.2, 0) is 9.53 Å². The van der Waals surface area contributed by atoms with Crippen LogP contribution in [0.3, 0.4) is 0 Å². The molecule has 2 aromatic heterocycles. The number of aromatic nitrogens is 2. The molecule has 0 fully saturated rings. The molecule has 0 spiro atoms. The third kappa shape index (κ3) is 2.94. The van der Waals surface area contributed by atoms with Crippen molar-refractivity contribution in [3.8, 4) is 0 Å². The number of halogens is 1. The van der Waals surface area contributed by atoms with Gasteiger partial charge >= 0.3 is 5.97 Å². The number of rotatable bonds is 4. The number of esters is 1. The van der Waals surface area contributed by atoms with Crippen molar-refractivity contribution in [3.05, 3.63) is 47.5 Å². The van der Waals surface area contributed by atoms with Gasteiger partial charge < -0.3 is 9.72 Å². The second-order valence-electron chi connectivity index (χ2n) is 5.59. The Bertz CT molecular complexity index is 1110. The average Bonchev–Trinajstić information content (AvgIpc) is 2.98. The molecule has 0 aliphatic rings. The SMILES string of the molecule is CCOC(=O)CSc1nc2c3cc(Cl)ccc3[nH]c2c2ccccc12. The zero-order valence-corrected chi connectivity index (χ0v) is 15.1. The third-order valence-corrected chi connectivity index (χ3v) is 5.21. The van der Waals surface area contributed by atoms with Crippen LogP contribution in [-0.4, -0.2) is 28.3 Å². The summed E-state index contributed by atoms with van der Waals surface area (Å²) in [5.74, 6) is -0.000127. The molecule has 0 aliphatic carbocycles. The van der Waals surface area contributed by atoms with Gasteiger partial charge in [0.05, 0.1) is 23.4 Å². The molecular formula is C19H15ClN2O2S. The molecule has 0 unspecified atom stereocenters. The van der Waals surface area contributed by atoms with Crippen molar-refractivity contribution in [1.29, 1.82) is 0 Å². The molecule has 4 rings (SSSR count). The molecule has 2 aromatic carbocycles. The molecular weight excluding hydrogens is 356 g/mol. The van der Waals surface area contributed by atoms with Crippen molar-refractivity contribution in [2.45, 2.75) is 11.9 Å². The van der Waals surface area contributed by atoms with E-state index in [1.54, 1.807) is 6.92 Å². The van der Waals surface area contributed by atoms with Gasteiger partial charge in [-0.2, -0.15) is 0 Å². The minimum absolute atomic E-state index is 0.236. The largest absolute Gasteiger partial charge is 0.465 e. The van der Waals surface area contributed by atoms with Crippen molar-refractivity contribution in [3.63, 3.8) is 0 Å². The van der Waals surface area contributed by atoms with Crippen molar-refractivity contribution >= 4 is 62.0 Å². The van der Waals surface area contributed by atoms with Gasteiger partial charge in [-0.15, -0.1) is 0 Å². The highest BCUT2D eigenvalue weighted by Gasteiger charge is 2.15. The molecule has 2 heterocycles. The lowest BCUT2D eigenvalue weighted by atomic mass is 10.1. The molecule has 0 amide bonds. The van der Waals surface area contributed by atoms with Gasteiger partial charge in [0.2, 0.25) is 0 Å². The normalized spacial score (nSPS) is 11.4. The number of aromatic amines is 1. The summed E-state index contributed by atoms with van der Waals surface area (Å²) in [6.07, 6.45) is 0. The maximum Gasteiger partial charge on any atom is 0.316 e. The van der Waals surface area contributed by atoms with Crippen molar-refractivity contribution in [2.75, 3.05) is 12.4 Å². The number of fused-ring (bicyclic) bond motifs is 5. The van der Waals surface area contributed by atoms with Gasteiger partial charge in [-0.25, -0.2) is 4.98 Å². The van der Waals surface area contributed by atoms with Gasteiger partial charge in [-0.3, -0.25) is 4.79 Å². The van der Waals surface area contributed by atoms with Crippen LogP contribution in [0, 0.1) is 0 Å². The predicted molar refractivity (Wildman–Crippen MR) is 103 cm³/mol. The molecule has 0 bridgehead atoms. The van der Waals surface area contributed by atoms with Crippen LogP contribution in [0.4, 0.5) is 0 Å². The first-order valence-corrected chi connectivity index (χ1v) is 9.32. The molecule has 1 N–H and O–H groups in total. The number of benzene rings is 2. The van der Waals surface area contributed by atoms with E-state index in [0.29, 0.717) is 11.6 Å². The Labute approximate surface area is 153 Å². The van der Waals surface area contributed by atoms with Crippen molar-refractivity contribution in [1.82, 2.24) is 9.97 Å². The smallest absolute Gasteiger partial charge is 0.316 e. The number of hydrogen-bond donors (Lipinski definition) is 1. The second-order valence-corrected chi connectivity index (χ2v) is 7.00. The Morgan fingerprint density at radius 1 is 1.20 bits per heavy atom. The van der Waals surface area contributed by atoms with E-state index >= 15 is 0 Å². The van der Waals surface area contributed by atoms with Crippen molar-refractivity contribution < 1.29 is 9.53 Å². The summed E-state index contributed by atoms with van der Waals surface area (Å²) in [7, 11) is 0. The maximum absolute atomic E-state index is 11.7. The monoisotopic (exact) mass is 370 g/mol. The highest BCUT2D eigenvalue weighted by Crippen LogP contribution is 2.35. The maximum atomic E-state index is 11.7. The quantitative estimate of drug-likeness (QED) is 0.397. The minimum Gasteiger partial charge on any atom is -0.465 e. The number of carbonyl (C=O) groups excluding carboxylic acids is 1. The van der Waals surface area contributed by atoms with Gasteiger partial charge in [0.1, 0.15) is 5.03 Å². The molecule has 4 aromatic rings. The highest BCUT2D eigenvalue weighted by atomic mass is 35.5. The van der Waals surface area contributed by atoms with Gasteiger partial charge in [-0.05, 0) is 25.1 Å². The molecule has 4 nitrogen and oxygen atoms in total. The standard InChI is InChI=1S/C19H15ClN2O2S/c1-2-24-16(23)10-25-19-13-6-4-3-5-12(13)17-18(22-19)14-9-11(20)7-8-15(14)21-17/h3-9,21H,2,10H2,1H3. The molecule has 0 atom stereocenters. The van der Waals surface area contributed by atoms with E-state index in [4.69, 9.17) is 21.3 Å². The highest BCUT2D eigenvalue weighted by molar-refractivity contribution is 8.00. The summed E-state index contributed by atoms with van der Waals surface area (Å²) < 4.78 is 5.02. The Morgan fingerprint density at radius 3 is 2.80 bits per heavy atom. The van der Waals surface area contributed by atoms with Crippen molar-refractivity contribution in [2.24, 2.45) is 0 Å². The Morgan fingerprint density at radius 2 is 2.00 bits per heavy atom. The van der Waals surface area contributed by atoms with Gasteiger partial charge in [0.25, 0.3) is 0 Å². The van der Waals surface area contributed by atoms with E-state index in [1.807, 2.05) is 36.4 Å². The van der Waals surface area contributed by atoms with E-state index in [-0.39, 0.29) is 11.7 Å². The lowest BCUT2D eigenvalue weighted by Gasteiger charge is -2.07. The second kappa shape index (κ2) is 6.58. The molecule has 0 aliphatic heterocycles. The molecule has 25 heavy (non-hydrogen) atoms. The van der Waals surface area contributed by atoms with Crippen LogP contribution >= 0.6 is 23.4 Å². The number of pyridine rings is 1. The zero-order valence-electron chi connectivity index (χ0n) is 13.5. The van der Waals surface area contributed by atoms with Crippen LogP contribution in [0.2, 0.25) is 5.02 Å². The van der Waals surface area contributed by atoms with E-state index in [1.165, 1.54) is 11.8 Å². The third-order valence-electron chi connectivity index (χ3n) is 4.01. The first-order valence-electron chi connectivity index (χ1n) is 7.95. The predicted octanol–water partition coefficient (Wildman–Crippen LogP) is 5.18. The summed E-state index contributed by atoms with van der Waals surface area (Å²) >= 11 is 7.56. The van der Waals surface area contributed by atoms with Gasteiger partial charge in [0.15, 0.2) is 0 Å². The Hall–Kier alpha value is -2.24. The van der Waals surface area contributed by atoms with Crippen LogP contribution < -0.4 is 0 Å². The van der Waals surface area contributed by atoms with E-state index in [9.17, 15) is 4.79 Å². The van der Waals surface area contributed by atoms with Crippen LogP contribution in [0.1, 0.15) is 6.92 Å². The van der Waals surface area contributed by atoms with Crippen LogP contribution in [0.5, 0.6) is 0 Å². The summed E-state index contributed by atoms with van der Waals surface area (Å²) in [5, 5.41) is 4.56. The molecule has 0 saturated heterocycles. The number of nitrogens with zero attached hydrogens (tertiary/aromatic N) is 1. The van der Waals surface area contributed by atoms with Crippen LogP contribution in [0.15, 0.2) is 47.5 Å². The fourth-order valence-corrected chi connectivity index (χ4v) is 3.95. The number of ether oxygens (including phenoxy) is 1. The van der Waals surface area contributed by atoms with Gasteiger partial charge in [0, 0.05) is 26.7 Å². The Kier molecular flexibility index (Phi) is 4.27. The van der Waals surface area contributed by atoms with Gasteiger partial charge in [-0.1, -0.05) is 47.6 Å². The van der Waals surface area contributed by atoms with Crippen LogP contribution in [0.25, 0.3) is 32.7 Å². The summed E-state index contributed by atoms with van der Waals surface area (Å²) in [6, 6.07) is 13.8. The number of hydrogen-bond acceptors (Lipinski definition) is 4. The first-order chi connectivity index (χ1) is 12.2. The van der Waals surface area contributed by atoms with E-state index in [2.05, 4.69) is 11.1 Å². The fraction of sp³-hybridized carbons (Fsp3) is 0.158. The lowest BCUT2D eigenvalue weighted by molar-refractivity contribution is -0.139. The lowest BCUT2D eigenvalue weighted by Crippen LogP contribution is -2.06. The molecule has 0 saturated carbocycles. The molecule has 0 radical (unpaired) electrons. The minimum atomic E-state index is -0.236. The summed E-state index contributed by atoms with van der Waals surface area (Å²) in [4.78, 5) is 20.0.